The van der Waals surface area contributed by atoms with Crippen molar-refractivity contribution >= 4 is 10.1 Å². The Bertz CT molecular complexity index is 510. The van der Waals surface area contributed by atoms with Crippen molar-refractivity contribution < 1.29 is 17.0 Å². The molecule has 0 bridgehead atoms. The molecule has 0 fully saturated rings. The fourth-order valence-corrected chi connectivity index (χ4v) is 5.61. The lowest BCUT2D eigenvalue weighted by atomic mass is 10.0. The first kappa shape index (κ1) is 34.8. The van der Waals surface area contributed by atoms with Gasteiger partial charge in [0.25, 0.3) is 10.1 Å². The molecular weight excluding hydrogens is 459 g/mol. The summed E-state index contributed by atoms with van der Waals surface area (Å²) in [5, 5.41) is 0. The molecule has 0 aromatic rings. The topological polar surface area (TPSA) is 43.4 Å². The van der Waals surface area contributed by atoms with Crippen LogP contribution in [-0.4, -0.2) is 20.5 Å². The Hall–Kier alpha value is -0.160. The van der Waals surface area contributed by atoms with Gasteiger partial charge in [0.15, 0.2) is 0 Å². The summed E-state index contributed by atoms with van der Waals surface area (Å²) in [5.74, 6) is 0. The van der Waals surface area contributed by atoms with Gasteiger partial charge in [-0.25, -0.2) is 4.39 Å². The van der Waals surface area contributed by atoms with Gasteiger partial charge in [-0.3, -0.25) is 4.18 Å². The lowest BCUT2D eigenvalue weighted by molar-refractivity contribution is 0.270. The summed E-state index contributed by atoms with van der Waals surface area (Å²) >= 11 is 0. The second kappa shape index (κ2) is 26.9. The molecule has 1 atom stereocenters. The molecule has 0 radical (unpaired) electrons. The Morgan fingerprint density at radius 2 is 0.771 bits per heavy atom. The predicted octanol–water partition coefficient (Wildman–Crippen LogP) is 10.8. The van der Waals surface area contributed by atoms with E-state index in [0.29, 0.717) is 12.8 Å². The van der Waals surface area contributed by atoms with Crippen molar-refractivity contribution in [1.82, 2.24) is 0 Å². The van der Waals surface area contributed by atoms with Crippen LogP contribution in [0.1, 0.15) is 181 Å². The van der Waals surface area contributed by atoms with Crippen LogP contribution in [0.2, 0.25) is 0 Å². The van der Waals surface area contributed by atoms with E-state index in [1.165, 1.54) is 122 Å². The van der Waals surface area contributed by atoms with Crippen molar-refractivity contribution in [1.29, 1.82) is 0 Å². The van der Waals surface area contributed by atoms with Crippen LogP contribution in [-0.2, 0) is 14.3 Å². The third-order valence-electron chi connectivity index (χ3n) is 7.09. The maximum absolute atomic E-state index is 14.1. The molecule has 0 aliphatic heterocycles. The van der Waals surface area contributed by atoms with E-state index in [4.69, 9.17) is 4.18 Å². The van der Waals surface area contributed by atoms with Gasteiger partial charge in [0.2, 0.25) is 5.50 Å². The molecule has 1 unspecified atom stereocenters. The number of rotatable bonds is 29. The van der Waals surface area contributed by atoms with E-state index in [1.807, 2.05) is 0 Å². The molecule has 0 spiro atoms. The molecule has 0 amide bonds. The summed E-state index contributed by atoms with van der Waals surface area (Å²) in [6.07, 6.45) is 30.7. The van der Waals surface area contributed by atoms with Crippen LogP contribution in [0.4, 0.5) is 4.39 Å². The quantitative estimate of drug-likeness (QED) is 0.0727. The summed E-state index contributed by atoms with van der Waals surface area (Å²) in [5.41, 5.74) is -1.87. The molecule has 0 aliphatic rings. The summed E-state index contributed by atoms with van der Waals surface area (Å²) in [4.78, 5) is 0. The summed E-state index contributed by atoms with van der Waals surface area (Å²) in [7, 11) is -4.05. The molecule has 5 heteroatoms. The van der Waals surface area contributed by atoms with E-state index in [-0.39, 0.29) is 13.0 Å². The fourth-order valence-electron chi connectivity index (χ4n) is 4.66. The Labute approximate surface area is 219 Å². The standard InChI is InChI=1S/C30H61FO3S/c1-3-5-7-9-11-13-14-15-16-17-18-19-20-21-23-25-27-29-34-35(32,33)30(31)28-26-24-22-12-10-8-6-4-2/h30H,3-29H2,1-2H3. The molecule has 3 nitrogen and oxygen atoms in total. The van der Waals surface area contributed by atoms with Crippen LogP contribution < -0.4 is 0 Å². The Morgan fingerprint density at radius 3 is 1.11 bits per heavy atom. The van der Waals surface area contributed by atoms with E-state index in [1.54, 1.807) is 0 Å². The summed E-state index contributed by atoms with van der Waals surface area (Å²) < 4.78 is 42.9. The minimum atomic E-state index is -4.05. The minimum Gasteiger partial charge on any atom is -0.268 e. The van der Waals surface area contributed by atoms with Crippen LogP contribution in [0.15, 0.2) is 0 Å². The van der Waals surface area contributed by atoms with Crippen molar-refractivity contribution in [3.05, 3.63) is 0 Å². The zero-order valence-corrected chi connectivity index (χ0v) is 24.5. The van der Waals surface area contributed by atoms with E-state index in [0.717, 1.165) is 25.7 Å². The van der Waals surface area contributed by atoms with Gasteiger partial charge in [-0.1, -0.05) is 162 Å². The highest BCUT2D eigenvalue weighted by Gasteiger charge is 2.25. The number of alkyl halides is 1. The fraction of sp³-hybridized carbons (Fsp3) is 1.00. The van der Waals surface area contributed by atoms with Gasteiger partial charge in [-0.15, -0.1) is 0 Å². The van der Waals surface area contributed by atoms with Gasteiger partial charge in [0.05, 0.1) is 6.61 Å². The number of unbranched alkanes of at least 4 members (excludes halogenated alkanes) is 23. The van der Waals surface area contributed by atoms with Crippen molar-refractivity contribution in [2.24, 2.45) is 0 Å². The van der Waals surface area contributed by atoms with Crippen LogP contribution >= 0.6 is 0 Å². The maximum Gasteiger partial charge on any atom is 0.299 e. The largest absolute Gasteiger partial charge is 0.299 e. The first-order valence-corrected chi connectivity index (χ1v) is 17.0. The molecule has 0 aromatic carbocycles. The molecule has 212 valence electrons. The molecule has 0 N–H and O–H groups in total. The Morgan fingerprint density at radius 1 is 0.486 bits per heavy atom. The zero-order valence-electron chi connectivity index (χ0n) is 23.7. The van der Waals surface area contributed by atoms with Gasteiger partial charge in [0, 0.05) is 0 Å². The molecule has 0 heterocycles. The Kier molecular flexibility index (Phi) is 26.8. The first-order valence-electron chi connectivity index (χ1n) is 15.6. The van der Waals surface area contributed by atoms with E-state index in [2.05, 4.69) is 13.8 Å². The van der Waals surface area contributed by atoms with E-state index < -0.39 is 15.6 Å². The first-order chi connectivity index (χ1) is 17.0. The number of hydrogen-bond acceptors (Lipinski definition) is 3. The minimum absolute atomic E-state index is 0.0658. The maximum atomic E-state index is 14.1. The summed E-state index contributed by atoms with van der Waals surface area (Å²) in [6.45, 7) is 4.59. The molecule has 0 aromatic heterocycles. The smallest absolute Gasteiger partial charge is 0.268 e. The molecule has 0 rings (SSSR count). The van der Waals surface area contributed by atoms with Crippen molar-refractivity contribution in [3.63, 3.8) is 0 Å². The average Bonchev–Trinajstić information content (AvgIpc) is 2.84. The van der Waals surface area contributed by atoms with Gasteiger partial charge in [-0.05, 0) is 19.3 Å². The van der Waals surface area contributed by atoms with Gasteiger partial charge in [-0.2, -0.15) is 8.42 Å². The third kappa shape index (κ3) is 25.3. The molecule has 35 heavy (non-hydrogen) atoms. The lowest BCUT2D eigenvalue weighted by Crippen LogP contribution is -2.19. The van der Waals surface area contributed by atoms with Crippen LogP contribution in [0.5, 0.6) is 0 Å². The van der Waals surface area contributed by atoms with E-state index in [9.17, 15) is 12.8 Å². The van der Waals surface area contributed by atoms with Gasteiger partial charge < -0.3 is 0 Å². The molecule has 0 saturated heterocycles. The van der Waals surface area contributed by atoms with Crippen molar-refractivity contribution in [3.8, 4) is 0 Å². The highest BCUT2D eigenvalue weighted by molar-refractivity contribution is 7.87. The van der Waals surface area contributed by atoms with Crippen LogP contribution in [0, 0.1) is 0 Å². The van der Waals surface area contributed by atoms with Gasteiger partial charge >= 0.3 is 0 Å². The summed E-state index contributed by atoms with van der Waals surface area (Å²) in [6, 6.07) is 0. The molecular formula is C30H61FO3S. The Balaban J connectivity index is 3.39. The molecule has 0 saturated carbocycles. The number of halogens is 1. The lowest BCUT2D eigenvalue weighted by Gasteiger charge is -2.10. The predicted molar refractivity (Wildman–Crippen MR) is 151 cm³/mol. The zero-order chi connectivity index (χ0) is 25.9. The van der Waals surface area contributed by atoms with Gasteiger partial charge in [0.1, 0.15) is 0 Å². The van der Waals surface area contributed by atoms with Crippen molar-refractivity contribution in [2.75, 3.05) is 6.61 Å². The second-order valence-electron chi connectivity index (χ2n) is 10.6. The highest BCUT2D eigenvalue weighted by Crippen LogP contribution is 2.18. The third-order valence-corrected chi connectivity index (χ3v) is 8.45. The average molecular weight is 521 g/mol. The van der Waals surface area contributed by atoms with Crippen LogP contribution in [0.25, 0.3) is 0 Å². The second-order valence-corrected chi connectivity index (χ2v) is 12.4. The van der Waals surface area contributed by atoms with Crippen molar-refractivity contribution in [2.45, 2.75) is 186 Å². The monoisotopic (exact) mass is 520 g/mol. The highest BCUT2D eigenvalue weighted by atomic mass is 32.2. The SMILES string of the molecule is CCCCCCCCCCCCCCCCCCCOS(=O)(=O)C(F)CCCCCCCCCC. The number of hydrogen-bond donors (Lipinski definition) is 0. The normalized spacial score (nSPS) is 12.9. The molecule has 0 aliphatic carbocycles. The van der Waals surface area contributed by atoms with E-state index >= 15 is 0 Å². The van der Waals surface area contributed by atoms with Crippen LogP contribution in [0.3, 0.4) is 0 Å².